The Balaban J connectivity index is 1.70. The van der Waals surface area contributed by atoms with Crippen LogP contribution in [0.4, 0.5) is 13.2 Å². The summed E-state index contributed by atoms with van der Waals surface area (Å²) in [6, 6.07) is 0. The first-order valence-corrected chi connectivity index (χ1v) is 7.71. The molecule has 0 N–H and O–H groups in total. The fraction of sp³-hybridized carbons (Fsp3) is 0.600. The number of hydrogen-bond acceptors (Lipinski definition) is 5. The van der Waals surface area contributed by atoms with Gasteiger partial charge in [-0.25, -0.2) is 4.98 Å². The SMILES string of the molecule is FC(F)(F)[C@H]1C2CCC(CC2)[C@@H]1c1nc(-c2cnccn2)no1. The van der Waals surface area contributed by atoms with E-state index in [1.807, 2.05) is 0 Å². The molecule has 0 aliphatic heterocycles. The Kier molecular flexibility index (Phi) is 3.35. The van der Waals surface area contributed by atoms with Gasteiger partial charge in [0, 0.05) is 12.4 Å². The second-order valence-corrected chi connectivity index (χ2v) is 6.31. The average Bonchev–Trinajstić information content (AvgIpc) is 3.05. The maximum absolute atomic E-state index is 13.6. The lowest BCUT2D eigenvalue weighted by molar-refractivity contribution is -0.219. The number of halogens is 3. The van der Waals surface area contributed by atoms with E-state index in [1.54, 1.807) is 0 Å². The van der Waals surface area contributed by atoms with Crippen molar-refractivity contribution in [3.8, 4) is 11.5 Å². The maximum Gasteiger partial charge on any atom is 0.392 e. The quantitative estimate of drug-likeness (QED) is 0.844. The summed E-state index contributed by atoms with van der Waals surface area (Å²) in [5, 5.41) is 3.81. The standard InChI is InChI=1S/C15H15F3N4O/c16-15(17,18)12-9-3-1-8(2-4-9)11(12)14-21-13(22-23-14)10-7-19-5-6-20-10/h5-9,11-12H,1-4H2/t8?,9?,11-,12-/m0/s1. The molecule has 3 fully saturated rings. The lowest BCUT2D eigenvalue weighted by Crippen LogP contribution is -2.46. The van der Waals surface area contributed by atoms with E-state index < -0.39 is 18.0 Å². The molecule has 3 saturated carbocycles. The zero-order valence-electron chi connectivity index (χ0n) is 12.2. The third-order valence-corrected chi connectivity index (χ3v) is 5.12. The van der Waals surface area contributed by atoms with Crippen molar-refractivity contribution in [1.82, 2.24) is 20.1 Å². The Labute approximate surface area is 130 Å². The Morgan fingerprint density at radius 2 is 1.78 bits per heavy atom. The first-order valence-electron chi connectivity index (χ1n) is 7.71. The molecule has 8 heteroatoms. The Bertz CT molecular complexity index is 680. The van der Waals surface area contributed by atoms with Gasteiger partial charge < -0.3 is 4.52 Å². The van der Waals surface area contributed by atoms with Gasteiger partial charge in [0.15, 0.2) is 0 Å². The summed E-state index contributed by atoms with van der Waals surface area (Å²) in [6.07, 6.45) is 3.07. The molecule has 0 amide bonds. The summed E-state index contributed by atoms with van der Waals surface area (Å²) in [7, 11) is 0. The van der Waals surface area contributed by atoms with Crippen molar-refractivity contribution in [2.45, 2.75) is 37.8 Å². The third-order valence-electron chi connectivity index (χ3n) is 5.12. The molecule has 3 aliphatic carbocycles. The molecule has 0 radical (unpaired) electrons. The maximum atomic E-state index is 13.6. The second kappa shape index (κ2) is 5.28. The number of hydrogen-bond donors (Lipinski definition) is 0. The Morgan fingerprint density at radius 1 is 1.04 bits per heavy atom. The zero-order chi connectivity index (χ0) is 16.0. The van der Waals surface area contributed by atoms with Crippen molar-refractivity contribution in [1.29, 1.82) is 0 Å². The van der Waals surface area contributed by atoms with Gasteiger partial charge in [-0.1, -0.05) is 5.16 Å². The molecule has 23 heavy (non-hydrogen) atoms. The molecule has 3 aliphatic rings. The van der Waals surface area contributed by atoms with Crippen molar-refractivity contribution in [2.24, 2.45) is 17.8 Å². The molecule has 2 aromatic rings. The average molecular weight is 324 g/mol. The third kappa shape index (κ3) is 2.49. The van der Waals surface area contributed by atoms with Crippen LogP contribution in [-0.4, -0.2) is 26.3 Å². The molecule has 5 nitrogen and oxygen atoms in total. The van der Waals surface area contributed by atoms with Crippen molar-refractivity contribution in [2.75, 3.05) is 0 Å². The van der Waals surface area contributed by atoms with E-state index in [0.29, 0.717) is 18.5 Å². The predicted molar refractivity (Wildman–Crippen MR) is 73.1 cm³/mol. The molecule has 0 spiro atoms. The second-order valence-electron chi connectivity index (χ2n) is 6.31. The number of alkyl halides is 3. The van der Waals surface area contributed by atoms with Crippen LogP contribution >= 0.6 is 0 Å². The van der Waals surface area contributed by atoms with E-state index in [4.69, 9.17) is 4.52 Å². The van der Waals surface area contributed by atoms with Gasteiger partial charge in [-0.3, -0.25) is 4.98 Å². The summed E-state index contributed by atoms with van der Waals surface area (Å²) in [6.45, 7) is 0. The van der Waals surface area contributed by atoms with Crippen LogP contribution in [0.25, 0.3) is 11.5 Å². The molecule has 2 bridgehead atoms. The van der Waals surface area contributed by atoms with E-state index >= 15 is 0 Å². The molecule has 122 valence electrons. The lowest BCUT2D eigenvalue weighted by atomic mass is 9.58. The predicted octanol–water partition coefficient (Wildman–Crippen LogP) is 3.61. The molecular weight excluding hydrogens is 309 g/mol. The highest BCUT2D eigenvalue weighted by atomic mass is 19.4. The van der Waals surface area contributed by atoms with Gasteiger partial charge in [-0.2, -0.15) is 18.2 Å². The summed E-state index contributed by atoms with van der Waals surface area (Å²) in [5.41, 5.74) is 0.395. The van der Waals surface area contributed by atoms with Crippen LogP contribution in [0.5, 0.6) is 0 Å². The zero-order valence-corrected chi connectivity index (χ0v) is 12.2. The van der Waals surface area contributed by atoms with E-state index in [1.165, 1.54) is 18.6 Å². The Morgan fingerprint density at radius 3 is 2.43 bits per heavy atom. The van der Waals surface area contributed by atoms with Crippen LogP contribution in [0.3, 0.4) is 0 Å². The van der Waals surface area contributed by atoms with Gasteiger partial charge in [-0.05, 0) is 37.5 Å². The summed E-state index contributed by atoms with van der Waals surface area (Å²) >= 11 is 0. The van der Waals surface area contributed by atoms with Crippen molar-refractivity contribution in [3.63, 3.8) is 0 Å². The summed E-state index contributed by atoms with van der Waals surface area (Å²) in [4.78, 5) is 12.2. The molecule has 5 rings (SSSR count). The number of fused-ring (bicyclic) bond motifs is 3. The van der Waals surface area contributed by atoms with Gasteiger partial charge >= 0.3 is 6.18 Å². The molecule has 0 saturated heterocycles. The fourth-order valence-electron chi connectivity index (χ4n) is 4.16. The first-order chi connectivity index (χ1) is 11.0. The minimum atomic E-state index is -4.24. The van der Waals surface area contributed by atoms with E-state index in [-0.39, 0.29) is 23.6 Å². The monoisotopic (exact) mass is 324 g/mol. The minimum Gasteiger partial charge on any atom is -0.339 e. The van der Waals surface area contributed by atoms with Crippen molar-refractivity contribution < 1.29 is 17.7 Å². The fourth-order valence-corrected chi connectivity index (χ4v) is 4.16. The summed E-state index contributed by atoms with van der Waals surface area (Å²) in [5.74, 6) is -2.22. The van der Waals surface area contributed by atoms with Crippen LogP contribution in [-0.2, 0) is 0 Å². The van der Waals surface area contributed by atoms with Gasteiger partial charge in [0.2, 0.25) is 11.7 Å². The highest BCUT2D eigenvalue weighted by Gasteiger charge is 2.57. The van der Waals surface area contributed by atoms with Gasteiger partial charge in [0.05, 0.1) is 18.0 Å². The first kappa shape index (κ1) is 14.6. The van der Waals surface area contributed by atoms with E-state index in [9.17, 15) is 13.2 Å². The van der Waals surface area contributed by atoms with Crippen LogP contribution in [0.15, 0.2) is 23.1 Å². The molecule has 2 heterocycles. The highest BCUT2D eigenvalue weighted by Crippen LogP contribution is 2.58. The topological polar surface area (TPSA) is 64.7 Å². The van der Waals surface area contributed by atoms with Crippen molar-refractivity contribution >= 4 is 0 Å². The largest absolute Gasteiger partial charge is 0.392 e. The van der Waals surface area contributed by atoms with Gasteiger partial charge in [0.25, 0.3) is 0 Å². The molecule has 0 aromatic carbocycles. The number of aromatic nitrogens is 4. The van der Waals surface area contributed by atoms with Crippen molar-refractivity contribution in [3.05, 3.63) is 24.5 Å². The molecule has 2 atom stereocenters. The smallest absolute Gasteiger partial charge is 0.339 e. The number of rotatable bonds is 2. The highest BCUT2D eigenvalue weighted by molar-refractivity contribution is 5.45. The molecule has 2 aromatic heterocycles. The van der Waals surface area contributed by atoms with E-state index in [2.05, 4.69) is 20.1 Å². The number of nitrogens with zero attached hydrogens (tertiary/aromatic N) is 4. The van der Waals surface area contributed by atoms with Crippen LogP contribution in [0, 0.1) is 17.8 Å². The van der Waals surface area contributed by atoms with Gasteiger partial charge in [-0.15, -0.1) is 0 Å². The van der Waals surface area contributed by atoms with Gasteiger partial charge in [0.1, 0.15) is 5.69 Å². The van der Waals surface area contributed by atoms with Crippen LogP contribution in [0.2, 0.25) is 0 Å². The Hall–Kier alpha value is -1.99. The summed E-state index contributed by atoms with van der Waals surface area (Å²) < 4.78 is 45.9. The van der Waals surface area contributed by atoms with Crippen LogP contribution < -0.4 is 0 Å². The van der Waals surface area contributed by atoms with E-state index in [0.717, 1.165) is 12.8 Å². The minimum absolute atomic E-state index is 0.0400. The normalized spacial score (nSPS) is 30.6. The van der Waals surface area contributed by atoms with Crippen LogP contribution in [0.1, 0.15) is 37.5 Å². The molecule has 0 unspecified atom stereocenters. The molecular formula is C15H15F3N4O. The lowest BCUT2D eigenvalue weighted by Gasteiger charge is -2.47.